The first kappa shape index (κ1) is 26.5. The summed E-state index contributed by atoms with van der Waals surface area (Å²) in [6, 6.07) is 11.9. The van der Waals surface area contributed by atoms with E-state index in [4.69, 9.17) is 4.74 Å². The van der Waals surface area contributed by atoms with E-state index in [1.807, 2.05) is 19.9 Å². The van der Waals surface area contributed by atoms with Gasteiger partial charge in [-0.3, -0.25) is 0 Å². The van der Waals surface area contributed by atoms with E-state index < -0.39 is 42.4 Å². The highest BCUT2D eigenvalue weighted by Crippen LogP contribution is 2.34. The fraction of sp³-hybridized carbons (Fsp3) is 0.280. The van der Waals surface area contributed by atoms with Gasteiger partial charge in [-0.1, -0.05) is 24.3 Å². The Kier molecular flexibility index (Phi) is 7.76. The molecule has 0 bridgehead atoms. The summed E-state index contributed by atoms with van der Waals surface area (Å²) in [5.74, 6) is -0.486. The Morgan fingerprint density at radius 3 is 2.09 bits per heavy atom. The lowest BCUT2D eigenvalue weighted by Gasteiger charge is -2.24. The number of aliphatic hydroxyl groups is 1. The molecule has 3 aromatic carbocycles. The lowest BCUT2D eigenvalue weighted by molar-refractivity contribution is -0.202. The van der Waals surface area contributed by atoms with Crippen molar-refractivity contribution >= 4 is 0 Å². The first-order valence-electron chi connectivity index (χ1n) is 10.4. The number of halogens is 7. The van der Waals surface area contributed by atoms with E-state index in [1.54, 1.807) is 18.2 Å². The molecular formula is C25H22F7NO2. The van der Waals surface area contributed by atoms with Gasteiger partial charge in [0.1, 0.15) is 17.3 Å². The maximum atomic E-state index is 14.8. The molecule has 3 nitrogen and oxygen atoms in total. The van der Waals surface area contributed by atoms with Crippen LogP contribution in [0.1, 0.15) is 33.9 Å². The molecule has 0 radical (unpaired) electrons. The van der Waals surface area contributed by atoms with Gasteiger partial charge >= 0.3 is 12.4 Å². The molecule has 2 atom stereocenters. The van der Waals surface area contributed by atoms with Gasteiger partial charge in [-0.05, 0) is 66.9 Å². The van der Waals surface area contributed by atoms with E-state index in [1.165, 1.54) is 18.2 Å². The molecule has 3 aromatic rings. The third-order valence-electron chi connectivity index (χ3n) is 5.15. The summed E-state index contributed by atoms with van der Waals surface area (Å²) in [6.45, 7) is 2.72. The van der Waals surface area contributed by atoms with Crippen molar-refractivity contribution in [3.8, 4) is 11.5 Å². The van der Waals surface area contributed by atoms with Crippen molar-refractivity contribution in [1.29, 1.82) is 0 Å². The topological polar surface area (TPSA) is 41.5 Å². The molecule has 0 saturated carbocycles. The zero-order valence-corrected chi connectivity index (χ0v) is 18.6. The predicted octanol–water partition coefficient (Wildman–Crippen LogP) is 6.86. The molecule has 2 N–H and O–H groups in total. The molecule has 0 aliphatic rings. The molecule has 0 aromatic heterocycles. The number of nitrogens with one attached hydrogen (secondary N) is 1. The zero-order valence-electron chi connectivity index (χ0n) is 18.6. The van der Waals surface area contributed by atoms with Gasteiger partial charge in [0.2, 0.25) is 0 Å². The molecule has 35 heavy (non-hydrogen) atoms. The second-order valence-electron chi connectivity index (χ2n) is 8.13. The molecule has 0 spiro atoms. The van der Waals surface area contributed by atoms with E-state index in [0.29, 0.717) is 11.8 Å². The molecule has 10 heteroatoms. The molecule has 188 valence electrons. The average molecular weight is 501 g/mol. The Balaban J connectivity index is 1.98. The van der Waals surface area contributed by atoms with Gasteiger partial charge in [0, 0.05) is 12.1 Å². The van der Waals surface area contributed by atoms with E-state index in [9.17, 15) is 35.8 Å². The van der Waals surface area contributed by atoms with Crippen LogP contribution in [0.5, 0.6) is 11.5 Å². The number of aryl methyl sites for hydroxylation is 2. The highest BCUT2D eigenvalue weighted by Gasteiger charge is 2.38. The van der Waals surface area contributed by atoms with Crippen molar-refractivity contribution in [2.24, 2.45) is 0 Å². The van der Waals surface area contributed by atoms with Crippen molar-refractivity contribution in [2.75, 3.05) is 6.54 Å². The van der Waals surface area contributed by atoms with Crippen molar-refractivity contribution in [3.63, 3.8) is 0 Å². The average Bonchev–Trinajstić information content (AvgIpc) is 2.72. The highest BCUT2D eigenvalue weighted by molar-refractivity contribution is 5.42. The lowest BCUT2D eigenvalue weighted by atomic mass is 9.96. The summed E-state index contributed by atoms with van der Waals surface area (Å²) in [4.78, 5) is 0. The predicted molar refractivity (Wildman–Crippen MR) is 116 cm³/mol. The Morgan fingerprint density at radius 2 is 1.51 bits per heavy atom. The van der Waals surface area contributed by atoms with Gasteiger partial charge in [-0.25, -0.2) is 4.39 Å². The molecule has 0 heterocycles. The molecule has 0 fully saturated rings. The summed E-state index contributed by atoms with van der Waals surface area (Å²) in [5, 5.41) is 11.8. The summed E-state index contributed by atoms with van der Waals surface area (Å²) in [6.07, 6.45) is -12.5. The Morgan fingerprint density at radius 1 is 0.857 bits per heavy atom. The monoisotopic (exact) mass is 501 g/mol. The second-order valence-corrected chi connectivity index (χ2v) is 8.13. The minimum atomic E-state index is -4.94. The van der Waals surface area contributed by atoms with Crippen molar-refractivity contribution < 1.29 is 40.6 Å². The Hall–Kier alpha value is -3.11. The van der Waals surface area contributed by atoms with Crippen LogP contribution in [0.25, 0.3) is 0 Å². The van der Waals surface area contributed by atoms with Gasteiger partial charge in [0.05, 0.1) is 11.6 Å². The smallest absolute Gasteiger partial charge is 0.416 e. The largest absolute Gasteiger partial charge is 0.457 e. The Bertz CT molecular complexity index is 1150. The third-order valence-corrected chi connectivity index (χ3v) is 5.15. The first-order valence-corrected chi connectivity index (χ1v) is 10.4. The number of aliphatic hydroxyl groups excluding tert-OH is 1. The van der Waals surface area contributed by atoms with Gasteiger partial charge in [-0.2, -0.15) is 26.3 Å². The van der Waals surface area contributed by atoms with Gasteiger partial charge in [-0.15, -0.1) is 0 Å². The van der Waals surface area contributed by atoms with Crippen LogP contribution in [0.3, 0.4) is 0 Å². The minimum absolute atomic E-state index is 0.222. The number of ether oxygens (including phenoxy) is 1. The van der Waals surface area contributed by atoms with Crippen LogP contribution in [-0.4, -0.2) is 23.9 Å². The maximum absolute atomic E-state index is 14.8. The van der Waals surface area contributed by atoms with E-state index in [0.717, 1.165) is 17.2 Å². The lowest BCUT2D eigenvalue weighted by Crippen LogP contribution is -2.40. The molecular weight excluding hydrogens is 479 g/mol. The SMILES string of the molecule is Cc1cc(C)cc(Oc2cccc(C(NC[C@@H](O)C(F)(F)F)c3ccc(C(F)(F)F)cc3F)c2)c1. The standard InChI is InChI=1S/C25H22F7NO2/c1-14-8-15(2)10-19(9-14)35-18-5-3-4-16(11-18)23(33-13-22(34)25(30,31)32)20-7-6-17(12-21(20)26)24(27,28)29/h3-12,22-23,33-34H,13H2,1-2H3/t22-,23?/m1/s1. The van der Waals surface area contributed by atoms with Crippen LogP contribution >= 0.6 is 0 Å². The number of hydrogen-bond acceptors (Lipinski definition) is 3. The second kappa shape index (κ2) is 10.2. The van der Waals surface area contributed by atoms with Crippen molar-refractivity contribution in [1.82, 2.24) is 5.32 Å². The van der Waals surface area contributed by atoms with Gasteiger partial charge < -0.3 is 15.2 Å². The summed E-state index contributed by atoms with van der Waals surface area (Å²) < 4.78 is 98.0. The van der Waals surface area contributed by atoms with Crippen molar-refractivity contribution in [3.05, 3.63) is 94.3 Å². The molecule has 0 amide bonds. The Labute approximate surface area is 197 Å². The molecule has 1 unspecified atom stereocenters. The zero-order chi connectivity index (χ0) is 26.0. The normalized spacial score (nSPS) is 14.0. The number of benzene rings is 3. The van der Waals surface area contributed by atoms with Crippen LogP contribution in [-0.2, 0) is 6.18 Å². The minimum Gasteiger partial charge on any atom is -0.457 e. The number of rotatable bonds is 7. The molecule has 0 saturated heterocycles. The van der Waals surface area contributed by atoms with Crippen LogP contribution in [0, 0.1) is 19.7 Å². The maximum Gasteiger partial charge on any atom is 0.416 e. The van der Waals surface area contributed by atoms with E-state index in [-0.39, 0.29) is 22.9 Å². The summed E-state index contributed by atoms with van der Waals surface area (Å²) in [5.41, 5.74) is 0.530. The third kappa shape index (κ3) is 6.95. The quantitative estimate of drug-likeness (QED) is 0.348. The molecule has 0 aliphatic heterocycles. The van der Waals surface area contributed by atoms with Gasteiger partial charge in [0.25, 0.3) is 0 Å². The van der Waals surface area contributed by atoms with Crippen molar-refractivity contribution in [2.45, 2.75) is 38.3 Å². The number of hydrogen-bond donors (Lipinski definition) is 2. The van der Waals surface area contributed by atoms with Crippen LogP contribution in [0.4, 0.5) is 30.7 Å². The summed E-state index contributed by atoms with van der Waals surface area (Å²) in [7, 11) is 0. The van der Waals surface area contributed by atoms with Crippen LogP contribution < -0.4 is 10.1 Å². The molecule has 3 rings (SSSR count). The van der Waals surface area contributed by atoms with E-state index >= 15 is 0 Å². The van der Waals surface area contributed by atoms with Crippen LogP contribution in [0.2, 0.25) is 0 Å². The number of alkyl halides is 6. The fourth-order valence-corrected chi connectivity index (χ4v) is 3.58. The summed E-state index contributed by atoms with van der Waals surface area (Å²) >= 11 is 0. The molecule has 0 aliphatic carbocycles. The highest BCUT2D eigenvalue weighted by atomic mass is 19.4. The van der Waals surface area contributed by atoms with E-state index in [2.05, 4.69) is 5.32 Å². The first-order chi connectivity index (χ1) is 16.2. The van der Waals surface area contributed by atoms with Gasteiger partial charge in [0.15, 0.2) is 6.10 Å². The fourth-order valence-electron chi connectivity index (χ4n) is 3.58. The van der Waals surface area contributed by atoms with Crippen LogP contribution in [0.15, 0.2) is 60.7 Å².